The average Bonchev–Trinajstić information content (AvgIpc) is 2.36. The van der Waals surface area contributed by atoms with Crippen molar-refractivity contribution in [3.8, 4) is 5.75 Å². The molecule has 1 fully saturated rings. The third-order valence-corrected chi connectivity index (χ3v) is 3.57. The molecule has 0 radical (unpaired) electrons. The second kappa shape index (κ2) is 5.80. The van der Waals surface area contributed by atoms with Gasteiger partial charge in [-0.2, -0.15) is 0 Å². The lowest BCUT2D eigenvalue weighted by Gasteiger charge is -2.36. The maximum absolute atomic E-state index is 12.6. The van der Waals surface area contributed by atoms with Crippen molar-refractivity contribution in [3.63, 3.8) is 0 Å². The minimum atomic E-state index is -0.0670. The largest absolute Gasteiger partial charge is 0.496 e. The molecule has 1 heterocycles. The van der Waals surface area contributed by atoms with Gasteiger partial charge in [-0.3, -0.25) is 4.79 Å². The summed E-state index contributed by atoms with van der Waals surface area (Å²) in [6, 6.07) is 5.81. The van der Waals surface area contributed by atoms with E-state index in [1.165, 1.54) is 0 Å². The van der Waals surface area contributed by atoms with Crippen molar-refractivity contribution in [2.24, 2.45) is 0 Å². The highest BCUT2D eigenvalue weighted by Gasteiger charge is 2.28. The van der Waals surface area contributed by atoms with Crippen molar-refractivity contribution >= 4 is 17.5 Å². The zero-order chi connectivity index (χ0) is 14.0. The van der Waals surface area contributed by atoms with Crippen molar-refractivity contribution in [2.45, 2.75) is 25.9 Å². The van der Waals surface area contributed by atoms with Gasteiger partial charge in [-0.15, -0.1) is 0 Å². The van der Waals surface area contributed by atoms with Gasteiger partial charge in [0.1, 0.15) is 11.3 Å². The van der Waals surface area contributed by atoms with Gasteiger partial charge in [-0.25, -0.2) is 0 Å². The summed E-state index contributed by atoms with van der Waals surface area (Å²) in [4.78, 5) is 14.5. The van der Waals surface area contributed by atoms with E-state index in [-0.39, 0.29) is 18.0 Å². The minimum absolute atomic E-state index is 0.0670. The Labute approximate surface area is 118 Å². The first-order valence-corrected chi connectivity index (χ1v) is 6.78. The number of piperazine rings is 1. The number of halogens is 1. The number of amides is 1. The number of hydrogen-bond acceptors (Lipinski definition) is 3. The molecule has 5 heteroatoms. The summed E-state index contributed by atoms with van der Waals surface area (Å²) in [6.07, 6.45) is 0. The van der Waals surface area contributed by atoms with E-state index in [1.54, 1.807) is 25.3 Å². The molecule has 1 amide bonds. The second-order valence-corrected chi connectivity index (χ2v) is 5.40. The van der Waals surface area contributed by atoms with Crippen LogP contribution < -0.4 is 10.1 Å². The van der Waals surface area contributed by atoms with E-state index >= 15 is 0 Å². The van der Waals surface area contributed by atoms with Gasteiger partial charge in [-0.05, 0) is 26.0 Å². The quantitative estimate of drug-likeness (QED) is 0.904. The van der Waals surface area contributed by atoms with Crippen LogP contribution in [0, 0.1) is 0 Å². The highest BCUT2D eigenvalue weighted by molar-refractivity contribution is 6.34. The van der Waals surface area contributed by atoms with Crippen molar-refractivity contribution < 1.29 is 9.53 Å². The molecule has 2 unspecified atom stereocenters. The molecule has 0 bridgehead atoms. The summed E-state index contributed by atoms with van der Waals surface area (Å²) in [7, 11) is 1.55. The number of hydrogen-bond donors (Lipinski definition) is 1. The smallest absolute Gasteiger partial charge is 0.259 e. The molecule has 1 N–H and O–H groups in total. The molecule has 2 rings (SSSR count). The highest BCUT2D eigenvalue weighted by atomic mass is 35.5. The molecule has 4 nitrogen and oxygen atoms in total. The lowest BCUT2D eigenvalue weighted by atomic mass is 10.1. The Morgan fingerprint density at radius 1 is 1.37 bits per heavy atom. The SMILES string of the molecule is COc1cccc(Cl)c1C(=O)N1CC(C)NC(C)C1. The van der Waals surface area contributed by atoms with Crippen LogP contribution in [0.25, 0.3) is 0 Å². The Hall–Kier alpha value is -1.26. The summed E-state index contributed by atoms with van der Waals surface area (Å²) in [5, 5.41) is 3.83. The Morgan fingerprint density at radius 3 is 2.58 bits per heavy atom. The predicted octanol–water partition coefficient (Wildman–Crippen LogP) is 2.17. The van der Waals surface area contributed by atoms with Crippen LogP contribution >= 0.6 is 11.6 Å². The van der Waals surface area contributed by atoms with Crippen LogP contribution in [-0.2, 0) is 0 Å². The number of methoxy groups -OCH3 is 1. The number of carbonyl (C=O) groups excluding carboxylic acids is 1. The summed E-state index contributed by atoms with van der Waals surface area (Å²) < 4.78 is 5.24. The maximum Gasteiger partial charge on any atom is 0.259 e. The number of nitrogens with zero attached hydrogens (tertiary/aromatic N) is 1. The van der Waals surface area contributed by atoms with Crippen LogP contribution in [0.3, 0.4) is 0 Å². The first kappa shape index (κ1) is 14.2. The molecule has 104 valence electrons. The molecule has 0 aliphatic carbocycles. The fourth-order valence-corrected chi connectivity index (χ4v) is 2.78. The summed E-state index contributed by atoms with van der Waals surface area (Å²) in [5.74, 6) is 0.457. The van der Waals surface area contributed by atoms with Gasteiger partial charge in [-0.1, -0.05) is 17.7 Å². The number of nitrogens with one attached hydrogen (secondary N) is 1. The third-order valence-electron chi connectivity index (χ3n) is 3.25. The van der Waals surface area contributed by atoms with E-state index in [0.29, 0.717) is 29.4 Å². The Balaban J connectivity index is 2.29. The van der Waals surface area contributed by atoms with E-state index in [4.69, 9.17) is 16.3 Å². The van der Waals surface area contributed by atoms with Crippen LogP contribution in [0.15, 0.2) is 18.2 Å². The van der Waals surface area contributed by atoms with Crippen molar-refractivity contribution in [1.29, 1.82) is 0 Å². The number of ether oxygens (including phenoxy) is 1. The standard InChI is InChI=1S/C14H19ClN2O2/c1-9-7-17(8-10(2)16-9)14(18)13-11(15)5-4-6-12(13)19-3/h4-6,9-10,16H,7-8H2,1-3H3. The Kier molecular flexibility index (Phi) is 4.32. The molecular formula is C14H19ClN2O2. The Morgan fingerprint density at radius 2 is 2.00 bits per heavy atom. The molecule has 19 heavy (non-hydrogen) atoms. The predicted molar refractivity (Wildman–Crippen MR) is 76.0 cm³/mol. The molecule has 1 saturated heterocycles. The van der Waals surface area contributed by atoms with Crippen molar-refractivity contribution in [2.75, 3.05) is 20.2 Å². The van der Waals surface area contributed by atoms with Crippen molar-refractivity contribution in [3.05, 3.63) is 28.8 Å². The third kappa shape index (κ3) is 3.01. The van der Waals surface area contributed by atoms with E-state index in [9.17, 15) is 4.79 Å². The zero-order valence-corrected chi connectivity index (χ0v) is 12.2. The van der Waals surface area contributed by atoms with Gasteiger partial charge in [0.25, 0.3) is 5.91 Å². The molecule has 1 aliphatic heterocycles. The van der Waals surface area contributed by atoms with Gasteiger partial charge in [0.05, 0.1) is 12.1 Å². The maximum atomic E-state index is 12.6. The lowest BCUT2D eigenvalue weighted by Crippen LogP contribution is -2.55. The molecule has 1 aliphatic rings. The summed E-state index contributed by atoms with van der Waals surface area (Å²) >= 11 is 6.15. The molecule has 0 spiro atoms. The van der Waals surface area contributed by atoms with Gasteiger partial charge in [0.15, 0.2) is 0 Å². The first-order chi connectivity index (χ1) is 9.02. The molecule has 1 aromatic carbocycles. The fraction of sp³-hybridized carbons (Fsp3) is 0.500. The molecule has 0 aromatic heterocycles. The molecule has 1 aromatic rings. The molecular weight excluding hydrogens is 264 g/mol. The zero-order valence-electron chi connectivity index (χ0n) is 11.4. The monoisotopic (exact) mass is 282 g/mol. The summed E-state index contributed by atoms with van der Waals surface area (Å²) in [6.45, 7) is 5.49. The van der Waals surface area contributed by atoms with E-state index in [1.807, 2.05) is 4.90 Å². The van der Waals surface area contributed by atoms with Crippen molar-refractivity contribution in [1.82, 2.24) is 10.2 Å². The van der Waals surface area contributed by atoms with Gasteiger partial charge in [0.2, 0.25) is 0 Å². The van der Waals surface area contributed by atoms with Crippen LogP contribution in [0.5, 0.6) is 5.75 Å². The highest BCUT2D eigenvalue weighted by Crippen LogP contribution is 2.28. The number of carbonyl (C=O) groups is 1. The van der Waals surface area contributed by atoms with Crippen LogP contribution in [-0.4, -0.2) is 43.1 Å². The van der Waals surface area contributed by atoms with E-state index < -0.39 is 0 Å². The van der Waals surface area contributed by atoms with E-state index in [2.05, 4.69) is 19.2 Å². The molecule has 2 atom stereocenters. The minimum Gasteiger partial charge on any atom is -0.496 e. The average molecular weight is 283 g/mol. The van der Waals surface area contributed by atoms with Gasteiger partial charge in [0, 0.05) is 25.2 Å². The lowest BCUT2D eigenvalue weighted by molar-refractivity contribution is 0.0670. The second-order valence-electron chi connectivity index (χ2n) is 5.00. The first-order valence-electron chi connectivity index (χ1n) is 6.40. The van der Waals surface area contributed by atoms with Gasteiger partial charge >= 0.3 is 0 Å². The normalized spacial score (nSPS) is 23.3. The van der Waals surface area contributed by atoms with E-state index in [0.717, 1.165) is 0 Å². The topological polar surface area (TPSA) is 41.6 Å². The molecule has 0 saturated carbocycles. The Bertz CT molecular complexity index is 469. The number of rotatable bonds is 2. The van der Waals surface area contributed by atoms with Gasteiger partial charge < -0.3 is 15.0 Å². The number of benzene rings is 1. The summed E-state index contributed by atoms with van der Waals surface area (Å²) in [5.41, 5.74) is 0.452. The van der Waals surface area contributed by atoms with Crippen LogP contribution in [0.1, 0.15) is 24.2 Å². The fourth-order valence-electron chi connectivity index (χ4n) is 2.53. The van der Waals surface area contributed by atoms with Crippen LogP contribution in [0.2, 0.25) is 5.02 Å². The van der Waals surface area contributed by atoms with Crippen LogP contribution in [0.4, 0.5) is 0 Å².